The van der Waals surface area contributed by atoms with Gasteiger partial charge >= 0.3 is 5.97 Å². The fourth-order valence-electron chi connectivity index (χ4n) is 2.69. The summed E-state index contributed by atoms with van der Waals surface area (Å²) in [7, 11) is 0. The van der Waals surface area contributed by atoms with Crippen LogP contribution in [0.25, 0.3) is 0 Å². The van der Waals surface area contributed by atoms with E-state index < -0.39 is 11.5 Å². The minimum absolute atomic E-state index is 0.514. The molecule has 0 aliphatic carbocycles. The zero-order valence-electron chi connectivity index (χ0n) is 9.00. The van der Waals surface area contributed by atoms with Gasteiger partial charge in [-0.15, -0.1) is 0 Å². The average molecular weight is 213 g/mol. The SMILES string of the molecule is O=C(O)C1(CC2CCOCC2)CCCN1. The van der Waals surface area contributed by atoms with Gasteiger partial charge in [0, 0.05) is 13.2 Å². The third-order valence-electron chi connectivity index (χ3n) is 3.63. The van der Waals surface area contributed by atoms with Gasteiger partial charge in [-0.3, -0.25) is 4.79 Å². The molecule has 86 valence electrons. The molecule has 2 saturated heterocycles. The fourth-order valence-corrected chi connectivity index (χ4v) is 2.69. The summed E-state index contributed by atoms with van der Waals surface area (Å²) < 4.78 is 5.29. The van der Waals surface area contributed by atoms with Crippen LogP contribution in [0.3, 0.4) is 0 Å². The molecule has 2 heterocycles. The van der Waals surface area contributed by atoms with Gasteiger partial charge in [0.15, 0.2) is 0 Å². The van der Waals surface area contributed by atoms with E-state index in [1.54, 1.807) is 0 Å². The van der Waals surface area contributed by atoms with Crippen molar-refractivity contribution in [3.63, 3.8) is 0 Å². The number of carboxylic acids is 1. The van der Waals surface area contributed by atoms with Gasteiger partial charge in [-0.2, -0.15) is 0 Å². The molecule has 1 unspecified atom stereocenters. The van der Waals surface area contributed by atoms with Gasteiger partial charge in [0.25, 0.3) is 0 Å². The minimum atomic E-state index is -0.675. The minimum Gasteiger partial charge on any atom is -0.480 e. The van der Waals surface area contributed by atoms with Crippen LogP contribution in [-0.4, -0.2) is 36.4 Å². The normalized spacial score (nSPS) is 33.1. The van der Waals surface area contributed by atoms with Gasteiger partial charge in [-0.1, -0.05) is 0 Å². The van der Waals surface area contributed by atoms with Crippen molar-refractivity contribution < 1.29 is 14.6 Å². The van der Waals surface area contributed by atoms with Crippen molar-refractivity contribution in [2.75, 3.05) is 19.8 Å². The van der Waals surface area contributed by atoms with Crippen LogP contribution in [0.15, 0.2) is 0 Å². The smallest absolute Gasteiger partial charge is 0.323 e. The van der Waals surface area contributed by atoms with E-state index in [0.717, 1.165) is 51.9 Å². The van der Waals surface area contributed by atoms with Crippen molar-refractivity contribution >= 4 is 5.97 Å². The van der Waals surface area contributed by atoms with Crippen LogP contribution in [0.2, 0.25) is 0 Å². The first kappa shape index (κ1) is 10.9. The summed E-state index contributed by atoms with van der Waals surface area (Å²) in [5.74, 6) is -0.160. The first-order chi connectivity index (χ1) is 7.23. The van der Waals surface area contributed by atoms with Crippen LogP contribution in [0.1, 0.15) is 32.1 Å². The van der Waals surface area contributed by atoms with Crippen LogP contribution in [0.4, 0.5) is 0 Å². The Hall–Kier alpha value is -0.610. The molecule has 4 nitrogen and oxygen atoms in total. The van der Waals surface area contributed by atoms with Gasteiger partial charge in [-0.25, -0.2) is 0 Å². The summed E-state index contributed by atoms with van der Waals surface area (Å²) in [5.41, 5.74) is -0.637. The number of hydrogen-bond donors (Lipinski definition) is 2. The second-order valence-corrected chi connectivity index (χ2v) is 4.68. The number of carbonyl (C=O) groups is 1. The Bertz CT molecular complexity index is 230. The highest BCUT2D eigenvalue weighted by molar-refractivity contribution is 5.79. The first-order valence-corrected chi connectivity index (χ1v) is 5.79. The molecule has 2 aliphatic heterocycles. The van der Waals surface area contributed by atoms with Crippen molar-refractivity contribution in [1.29, 1.82) is 0 Å². The topological polar surface area (TPSA) is 58.6 Å². The highest BCUT2D eigenvalue weighted by atomic mass is 16.5. The van der Waals surface area contributed by atoms with E-state index in [1.165, 1.54) is 0 Å². The number of hydrogen-bond acceptors (Lipinski definition) is 3. The Morgan fingerprint density at radius 3 is 2.73 bits per heavy atom. The van der Waals surface area contributed by atoms with E-state index in [2.05, 4.69) is 5.32 Å². The van der Waals surface area contributed by atoms with Crippen LogP contribution in [0, 0.1) is 5.92 Å². The van der Waals surface area contributed by atoms with Crippen molar-refractivity contribution in [2.45, 2.75) is 37.6 Å². The van der Waals surface area contributed by atoms with E-state index in [-0.39, 0.29) is 0 Å². The van der Waals surface area contributed by atoms with Gasteiger partial charge in [0.05, 0.1) is 0 Å². The summed E-state index contributed by atoms with van der Waals surface area (Å²) in [5, 5.41) is 12.5. The third kappa shape index (κ3) is 2.32. The molecule has 2 N–H and O–H groups in total. The van der Waals surface area contributed by atoms with Crippen LogP contribution in [0.5, 0.6) is 0 Å². The lowest BCUT2D eigenvalue weighted by Crippen LogP contribution is -2.49. The van der Waals surface area contributed by atoms with Crippen LogP contribution in [-0.2, 0) is 9.53 Å². The van der Waals surface area contributed by atoms with Crippen molar-refractivity contribution in [1.82, 2.24) is 5.32 Å². The number of carboxylic acid groups (broad SMARTS) is 1. The monoisotopic (exact) mass is 213 g/mol. The second kappa shape index (κ2) is 4.49. The average Bonchev–Trinajstić information content (AvgIpc) is 2.69. The Kier molecular flexibility index (Phi) is 3.26. The Balaban J connectivity index is 1.96. The molecule has 1 atom stereocenters. The molecule has 4 heteroatoms. The van der Waals surface area contributed by atoms with Crippen LogP contribution < -0.4 is 5.32 Å². The summed E-state index contributed by atoms with van der Waals surface area (Å²) >= 11 is 0. The number of nitrogens with one attached hydrogen (secondary N) is 1. The molecule has 0 radical (unpaired) electrons. The highest BCUT2D eigenvalue weighted by Gasteiger charge is 2.42. The zero-order chi connectivity index (χ0) is 10.7. The predicted octanol–water partition coefficient (Wildman–Crippen LogP) is 1.01. The maximum Gasteiger partial charge on any atom is 0.323 e. The summed E-state index contributed by atoms with van der Waals surface area (Å²) in [6.45, 7) is 2.43. The number of ether oxygens (including phenoxy) is 1. The zero-order valence-corrected chi connectivity index (χ0v) is 9.00. The van der Waals surface area contributed by atoms with E-state index in [0.29, 0.717) is 5.92 Å². The Morgan fingerprint density at radius 1 is 1.47 bits per heavy atom. The van der Waals surface area contributed by atoms with Gasteiger partial charge in [-0.05, 0) is 44.6 Å². The number of aliphatic carboxylic acids is 1. The summed E-state index contributed by atoms with van der Waals surface area (Å²) in [4.78, 5) is 11.3. The van der Waals surface area contributed by atoms with Crippen molar-refractivity contribution in [3.8, 4) is 0 Å². The van der Waals surface area contributed by atoms with Gasteiger partial charge in [0.1, 0.15) is 5.54 Å². The predicted molar refractivity (Wildman–Crippen MR) is 55.8 cm³/mol. The fraction of sp³-hybridized carbons (Fsp3) is 0.909. The van der Waals surface area contributed by atoms with Crippen LogP contribution >= 0.6 is 0 Å². The van der Waals surface area contributed by atoms with Gasteiger partial charge < -0.3 is 15.2 Å². The molecule has 2 aliphatic rings. The quantitative estimate of drug-likeness (QED) is 0.734. The molecule has 2 fully saturated rings. The standard InChI is InChI=1S/C11H19NO3/c13-10(14)11(4-1-5-12-11)8-9-2-6-15-7-3-9/h9,12H,1-8H2,(H,13,14). The lowest BCUT2D eigenvalue weighted by atomic mass is 9.82. The molecular weight excluding hydrogens is 194 g/mol. The first-order valence-electron chi connectivity index (χ1n) is 5.79. The lowest BCUT2D eigenvalue weighted by Gasteiger charge is -2.31. The molecule has 0 amide bonds. The molecule has 0 aromatic rings. The van der Waals surface area contributed by atoms with Gasteiger partial charge in [0.2, 0.25) is 0 Å². The number of rotatable bonds is 3. The molecule has 2 rings (SSSR count). The lowest BCUT2D eigenvalue weighted by molar-refractivity contribution is -0.145. The molecule has 0 spiro atoms. The van der Waals surface area contributed by atoms with E-state index >= 15 is 0 Å². The molecular formula is C11H19NO3. The molecule has 0 bridgehead atoms. The summed E-state index contributed by atoms with van der Waals surface area (Å²) in [6, 6.07) is 0. The largest absolute Gasteiger partial charge is 0.480 e. The van der Waals surface area contributed by atoms with E-state index in [9.17, 15) is 9.90 Å². The van der Waals surface area contributed by atoms with E-state index in [1.807, 2.05) is 0 Å². The highest BCUT2D eigenvalue weighted by Crippen LogP contribution is 2.31. The van der Waals surface area contributed by atoms with Crippen molar-refractivity contribution in [2.24, 2.45) is 5.92 Å². The molecule has 0 saturated carbocycles. The summed E-state index contributed by atoms with van der Waals surface area (Å²) in [6.07, 6.45) is 4.55. The maximum atomic E-state index is 11.3. The Morgan fingerprint density at radius 2 is 2.20 bits per heavy atom. The second-order valence-electron chi connectivity index (χ2n) is 4.68. The maximum absolute atomic E-state index is 11.3. The molecule has 0 aromatic heterocycles. The third-order valence-corrected chi connectivity index (χ3v) is 3.63. The Labute approximate surface area is 90.0 Å². The van der Waals surface area contributed by atoms with Crippen molar-refractivity contribution in [3.05, 3.63) is 0 Å². The molecule has 15 heavy (non-hydrogen) atoms. The molecule has 0 aromatic carbocycles. The van der Waals surface area contributed by atoms with E-state index in [4.69, 9.17) is 4.74 Å².